The Bertz CT molecular complexity index is 1050. The van der Waals surface area contributed by atoms with Crippen molar-refractivity contribution in [1.82, 2.24) is 4.98 Å². The predicted molar refractivity (Wildman–Crippen MR) is 107 cm³/mol. The lowest BCUT2D eigenvalue weighted by molar-refractivity contribution is 0.476. The molecule has 26 heavy (non-hydrogen) atoms. The quantitative estimate of drug-likeness (QED) is 0.368. The van der Waals surface area contributed by atoms with Crippen molar-refractivity contribution < 1.29 is 9.50 Å². The average Bonchev–Trinajstić information content (AvgIpc) is 3.03. The normalized spacial score (nSPS) is 12.0. The van der Waals surface area contributed by atoms with E-state index in [0.717, 1.165) is 20.8 Å². The number of nitrogens with zero attached hydrogens (tertiary/aromatic N) is 2. The molecule has 0 bridgehead atoms. The molecular weight excluding hydrogens is 349 g/mol. The van der Waals surface area contributed by atoms with Crippen LogP contribution < -0.4 is 5.73 Å². The third kappa shape index (κ3) is 4.04. The van der Waals surface area contributed by atoms with Gasteiger partial charge in [-0.2, -0.15) is 0 Å². The Morgan fingerprint density at radius 2 is 1.88 bits per heavy atom. The predicted octanol–water partition coefficient (Wildman–Crippen LogP) is 5.25. The van der Waals surface area contributed by atoms with Gasteiger partial charge in [0.2, 0.25) is 0 Å². The monoisotopic (exact) mass is 365 g/mol. The van der Waals surface area contributed by atoms with Gasteiger partial charge in [0.1, 0.15) is 22.4 Å². The summed E-state index contributed by atoms with van der Waals surface area (Å²) in [4.78, 5) is 8.83. The first-order valence-corrected chi connectivity index (χ1v) is 8.50. The lowest BCUT2D eigenvalue weighted by Gasteiger charge is -2.01. The second kappa shape index (κ2) is 7.33. The molecule has 0 aliphatic rings. The molecule has 1 heterocycles. The Labute approximate surface area is 154 Å². The Balaban J connectivity index is 1.82. The topological polar surface area (TPSA) is 71.5 Å². The maximum atomic E-state index is 12.6. The molecule has 6 heteroatoms. The highest BCUT2D eigenvalue weighted by atomic mass is 32.1. The summed E-state index contributed by atoms with van der Waals surface area (Å²) in [5.74, 6) is -0.156. The molecule has 0 amide bonds. The largest absolute Gasteiger partial charge is 0.508 e. The summed E-state index contributed by atoms with van der Waals surface area (Å²) in [6.45, 7) is 6.88. The van der Waals surface area contributed by atoms with Crippen molar-refractivity contribution in [3.63, 3.8) is 0 Å². The minimum atomic E-state index is -0.576. The lowest BCUT2D eigenvalue weighted by Crippen LogP contribution is -2.12. The van der Waals surface area contributed by atoms with Crippen molar-refractivity contribution in [1.29, 1.82) is 0 Å². The van der Waals surface area contributed by atoms with E-state index in [1.54, 1.807) is 18.2 Å². The number of phenolic OH excluding ortho intramolecular Hbond substituents is 1. The van der Waals surface area contributed by atoms with Crippen LogP contribution in [0.25, 0.3) is 20.8 Å². The first kappa shape index (κ1) is 17.6. The van der Waals surface area contributed by atoms with E-state index in [4.69, 9.17) is 5.73 Å². The number of fused-ring (bicyclic) bond motifs is 1. The Morgan fingerprint density at radius 3 is 2.58 bits per heavy atom. The molecule has 2 aromatic carbocycles. The van der Waals surface area contributed by atoms with Gasteiger partial charge in [-0.15, -0.1) is 11.3 Å². The highest BCUT2D eigenvalue weighted by molar-refractivity contribution is 7.21. The Kier molecular flexibility index (Phi) is 4.95. The van der Waals surface area contributed by atoms with Crippen LogP contribution in [0.4, 0.5) is 10.1 Å². The molecule has 0 saturated carbocycles. The summed E-state index contributed by atoms with van der Waals surface area (Å²) in [5, 5.41) is 10.4. The van der Waals surface area contributed by atoms with E-state index in [9.17, 15) is 9.50 Å². The number of halogens is 1. The van der Waals surface area contributed by atoms with Crippen LogP contribution in [-0.4, -0.2) is 15.9 Å². The van der Waals surface area contributed by atoms with Crippen LogP contribution in [0.15, 0.2) is 84.2 Å². The first-order chi connectivity index (χ1) is 12.4. The molecule has 3 N–H and O–H groups in total. The van der Waals surface area contributed by atoms with Gasteiger partial charge in [0, 0.05) is 11.1 Å². The summed E-state index contributed by atoms with van der Waals surface area (Å²) < 4.78 is 13.6. The summed E-state index contributed by atoms with van der Waals surface area (Å²) in [5.41, 5.74) is 8.70. The molecule has 3 aromatic rings. The van der Waals surface area contributed by atoms with Crippen molar-refractivity contribution in [2.24, 2.45) is 10.7 Å². The average molecular weight is 365 g/mol. The van der Waals surface area contributed by atoms with Gasteiger partial charge in [0.15, 0.2) is 0 Å². The number of aromatic nitrogens is 1. The third-order valence-electron chi connectivity index (χ3n) is 3.53. The Morgan fingerprint density at radius 1 is 1.15 bits per heavy atom. The molecule has 0 radical (unpaired) electrons. The van der Waals surface area contributed by atoms with E-state index >= 15 is 0 Å². The molecule has 0 atom stereocenters. The number of aliphatic imine (C=N–C) groups is 1. The molecule has 0 saturated heterocycles. The Hall–Kier alpha value is -3.25. The van der Waals surface area contributed by atoms with E-state index in [2.05, 4.69) is 23.1 Å². The van der Waals surface area contributed by atoms with E-state index in [0.29, 0.717) is 11.3 Å². The standard InChI is InChI=1S/C20H16FN3OS/c1-12(3-4-13(2)21)19(22)23-15-7-5-14(6-8-15)20-24-17-10-9-16(25)11-18(17)26-20/h3-11,25H,1-2H2,(H2,22,23). The summed E-state index contributed by atoms with van der Waals surface area (Å²) in [6.07, 6.45) is 2.60. The second-order valence-electron chi connectivity index (χ2n) is 5.52. The fourth-order valence-corrected chi connectivity index (χ4v) is 3.21. The van der Waals surface area contributed by atoms with Crippen LogP contribution in [0, 0.1) is 0 Å². The number of benzene rings is 2. The second-order valence-corrected chi connectivity index (χ2v) is 6.55. The van der Waals surface area contributed by atoms with E-state index in [-0.39, 0.29) is 11.6 Å². The minimum Gasteiger partial charge on any atom is -0.508 e. The van der Waals surface area contributed by atoms with Gasteiger partial charge in [-0.1, -0.05) is 13.2 Å². The highest BCUT2D eigenvalue weighted by Crippen LogP contribution is 2.32. The molecule has 0 spiro atoms. The smallest absolute Gasteiger partial charge is 0.130 e. The van der Waals surface area contributed by atoms with Crippen LogP contribution in [0.1, 0.15) is 0 Å². The van der Waals surface area contributed by atoms with Crippen molar-refractivity contribution in [2.75, 3.05) is 0 Å². The number of nitrogens with two attached hydrogens (primary N) is 1. The van der Waals surface area contributed by atoms with Crippen molar-refractivity contribution in [3.8, 4) is 16.3 Å². The maximum absolute atomic E-state index is 12.6. The fraction of sp³-hybridized carbons (Fsp3) is 0. The van der Waals surface area contributed by atoms with Crippen LogP contribution in [0.3, 0.4) is 0 Å². The third-order valence-corrected chi connectivity index (χ3v) is 4.60. The van der Waals surface area contributed by atoms with E-state index < -0.39 is 5.83 Å². The molecule has 0 aliphatic heterocycles. The van der Waals surface area contributed by atoms with Gasteiger partial charge < -0.3 is 10.8 Å². The maximum Gasteiger partial charge on any atom is 0.130 e. The van der Waals surface area contributed by atoms with Gasteiger partial charge in [0.25, 0.3) is 0 Å². The van der Waals surface area contributed by atoms with Crippen molar-refractivity contribution in [2.45, 2.75) is 0 Å². The zero-order chi connectivity index (χ0) is 18.7. The summed E-state index contributed by atoms with van der Waals surface area (Å²) >= 11 is 1.50. The zero-order valence-corrected chi connectivity index (χ0v) is 14.6. The number of aromatic hydroxyl groups is 1. The number of phenols is 1. The molecule has 3 rings (SSSR count). The summed E-state index contributed by atoms with van der Waals surface area (Å²) in [7, 11) is 0. The number of thiazole rings is 1. The van der Waals surface area contributed by atoms with Crippen molar-refractivity contribution in [3.05, 3.63) is 79.2 Å². The fourth-order valence-electron chi connectivity index (χ4n) is 2.20. The van der Waals surface area contributed by atoms with Gasteiger partial charge in [-0.25, -0.2) is 14.4 Å². The minimum absolute atomic E-state index is 0.200. The van der Waals surface area contributed by atoms with Crippen LogP contribution in [-0.2, 0) is 0 Å². The van der Waals surface area contributed by atoms with E-state index in [1.807, 2.05) is 24.3 Å². The number of rotatable bonds is 5. The number of hydrogen-bond donors (Lipinski definition) is 2. The van der Waals surface area contributed by atoms with Crippen LogP contribution in [0.5, 0.6) is 5.75 Å². The molecule has 1 aromatic heterocycles. The molecular formula is C20H16FN3OS. The SMILES string of the molecule is C=C(F)C=CC(=C)C(N)=Nc1ccc(-c2nc3ccc(O)cc3s2)cc1. The zero-order valence-electron chi connectivity index (χ0n) is 13.8. The van der Waals surface area contributed by atoms with Gasteiger partial charge >= 0.3 is 0 Å². The molecule has 130 valence electrons. The molecule has 0 fully saturated rings. The summed E-state index contributed by atoms with van der Waals surface area (Å²) in [6, 6.07) is 12.5. The molecule has 4 nitrogen and oxygen atoms in total. The molecule has 0 unspecified atom stereocenters. The van der Waals surface area contributed by atoms with Crippen LogP contribution >= 0.6 is 11.3 Å². The van der Waals surface area contributed by atoms with Gasteiger partial charge in [-0.3, -0.25) is 0 Å². The number of hydrogen-bond acceptors (Lipinski definition) is 4. The van der Waals surface area contributed by atoms with Gasteiger partial charge in [-0.05, 0) is 54.6 Å². The van der Waals surface area contributed by atoms with Crippen LogP contribution in [0.2, 0.25) is 0 Å². The van der Waals surface area contributed by atoms with Gasteiger partial charge in [0.05, 0.1) is 15.9 Å². The first-order valence-electron chi connectivity index (χ1n) is 7.68. The number of allylic oxidation sites excluding steroid dienone is 2. The highest BCUT2D eigenvalue weighted by Gasteiger charge is 2.07. The van der Waals surface area contributed by atoms with E-state index in [1.165, 1.54) is 23.5 Å². The van der Waals surface area contributed by atoms with Crippen molar-refractivity contribution >= 4 is 33.1 Å². The molecule has 0 aliphatic carbocycles. The lowest BCUT2D eigenvalue weighted by atomic mass is 10.2. The number of amidine groups is 1.